The zero-order valence-corrected chi connectivity index (χ0v) is 17.6. The van der Waals surface area contributed by atoms with Crippen molar-refractivity contribution in [3.63, 3.8) is 0 Å². The standard InChI is InChI=1S/C17H34N4O2.HI/c1-18-17(19-9-5-11-23-13-12-22-2)20-15-8-10-21(14-15)16-6-3-4-7-16;/h15-16H,3-14H2,1-2H3,(H2,18,19,20);1H. The molecule has 7 heteroatoms. The van der Waals surface area contributed by atoms with Crippen molar-refractivity contribution in [2.45, 2.75) is 50.6 Å². The lowest BCUT2D eigenvalue weighted by molar-refractivity contribution is 0.0698. The van der Waals surface area contributed by atoms with E-state index in [0.29, 0.717) is 19.3 Å². The van der Waals surface area contributed by atoms with Gasteiger partial charge in [0.2, 0.25) is 0 Å². The highest BCUT2D eigenvalue weighted by molar-refractivity contribution is 14.0. The molecule has 1 aliphatic heterocycles. The van der Waals surface area contributed by atoms with E-state index in [2.05, 4.69) is 20.5 Å². The van der Waals surface area contributed by atoms with Gasteiger partial charge in [-0.25, -0.2) is 0 Å². The molecule has 0 aromatic rings. The van der Waals surface area contributed by atoms with Crippen LogP contribution in [0, 0.1) is 0 Å². The number of methoxy groups -OCH3 is 1. The first-order valence-electron chi connectivity index (χ1n) is 9.11. The summed E-state index contributed by atoms with van der Waals surface area (Å²) >= 11 is 0. The third-order valence-corrected chi connectivity index (χ3v) is 4.81. The number of halogens is 1. The number of likely N-dealkylation sites (tertiary alicyclic amines) is 1. The van der Waals surface area contributed by atoms with Gasteiger partial charge in [0, 0.05) is 52.5 Å². The fraction of sp³-hybridized carbons (Fsp3) is 0.941. The molecule has 1 heterocycles. The van der Waals surface area contributed by atoms with Crippen molar-refractivity contribution in [3.05, 3.63) is 0 Å². The maximum atomic E-state index is 5.46. The molecular weight excluding hydrogens is 419 g/mol. The van der Waals surface area contributed by atoms with Gasteiger partial charge in [0.1, 0.15) is 0 Å². The fourth-order valence-corrected chi connectivity index (χ4v) is 3.52. The van der Waals surface area contributed by atoms with E-state index in [1.54, 1.807) is 7.11 Å². The van der Waals surface area contributed by atoms with Gasteiger partial charge < -0.3 is 20.1 Å². The highest BCUT2D eigenvalue weighted by Gasteiger charge is 2.30. The number of hydrogen-bond donors (Lipinski definition) is 2. The summed E-state index contributed by atoms with van der Waals surface area (Å²) in [5.74, 6) is 0.917. The zero-order chi connectivity index (χ0) is 16.3. The molecule has 24 heavy (non-hydrogen) atoms. The topological polar surface area (TPSA) is 58.1 Å². The lowest BCUT2D eigenvalue weighted by Gasteiger charge is -2.24. The molecule has 0 amide bonds. The van der Waals surface area contributed by atoms with Crippen LogP contribution in [-0.2, 0) is 9.47 Å². The molecule has 0 aromatic carbocycles. The molecule has 142 valence electrons. The Bertz CT molecular complexity index is 351. The van der Waals surface area contributed by atoms with Crippen LogP contribution in [0.2, 0.25) is 0 Å². The molecule has 0 bridgehead atoms. The molecule has 2 fully saturated rings. The minimum Gasteiger partial charge on any atom is -0.382 e. The van der Waals surface area contributed by atoms with Crippen molar-refractivity contribution in [1.29, 1.82) is 0 Å². The van der Waals surface area contributed by atoms with Crippen LogP contribution in [-0.4, -0.2) is 76.6 Å². The Hall–Kier alpha value is -0.120. The van der Waals surface area contributed by atoms with Gasteiger partial charge >= 0.3 is 0 Å². The number of ether oxygens (including phenoxy) is 2. The molecule has 1 unspecified atom stereocenters. The van der Waals surface area contributed by atoms with Gasteiger partial charge in [-0.15, -0.1) is 24.0 Å². The zero-order valence-electron chi connectivity index (χ0n) is 15.3. The number of guanidine groups is 1. The second-order valence-corrected chi connectivity index (χ2v) is 6.52. The number of nitrogens with one attached hydrogen (secondary N) is 2. The Morgan fingerprint density at radius 2 is 1.96 bits per heavy atom. The minimum absolute atomic E-state index is 0. The van der Waals surface area contributed by atoms with Crippen LogP contribution in [0.15, 0.2) is 4.99 Å². The van der Waals surface area contributed by atoms with E-state index < -0.39 is 0 Å². The van der Waals surface area contributed by atoms with Gasteiger partial charge in [-0.3, -0.25) is 9.89 Å². The lowest BCUT2D eigenvalue weighted by atomic mass is 10.2. The lowest BCUT2D eigenvalue weighted by Crippen LogP contribution is -2.45. The van der Waals surface area contributed by atoms with E-state index in [1.165, 1.54) is 38.6 Å². The van der Waals surface area contributed by atoms with Crippen molar-refractivity contribution in [3.8, 4) is 0 Å². The molecule has 1 saturated heterocycles. The number of nitrogens with zero attached hydrogens (tertiary/aromatic N) is 2. The second-order valence-electron chi connectivity index (χ2n) is 6.52. The molecule has 0 radical (unpaired) electrons. The molecule has 0 aromatic heterocycles. The van der Waals surface area contributed by atoms with Gasteiger partial charge in [0.05, 0.1) is 13.2 Å². The average Bonchev–Trinajstić information content (AvgIpc) is 3.24. The smallest absolute Gasteiger partial charge is 0.191 e. The second kappa shape index (κ2) is 13.1. The summed E-state index contributed by atoms with van der Waals surface area (Å²) in [6.45, 7) is 5.36. The number of hydrogen-bond acceptors (Lipinski definition) is 4. The van der Waals surface area contributed by atoms with Gasteiger partial charge in [-0.1, -0.05) is 12.8 Å². The maximum absolute atomic E-state index is 5.46. The van der Waals surface area contributed by atoms with Gasteiger partial charge in [0.15, 0.2) is 5.96 Å². The third-order valence-electron chi connectivity index (χ3n) is 4.81. The third kappa shape index (κ3) is 7.84. The van der Waals surface area contributed by atoms with Crippen LogP contribution in [0.1, 0.15) is 38.5 Å². The van der Waals surface area contributed by atoms with E-state index in [-0.39, 0.29) is 24.0 Å². The summed E-state index contributed by atoms with van der Waals surface area (Å²) in [6.07, 6.45) is 7.80. The molecule has 2 N–H and O–H groups in total. The number of aliphatic imine (C=N–C) groups is 1. The van der Waals surface area contributed by atoms with Gasteiger partial charge in [-0.05, 0) is 25.7 Å². The van der Waals surface area contributed by atoms with Crippen LogP contribution in [0.3, 0.4) is 0 Å². The predicted octanol–water partition coefficient (Wildman–Crippen LogP) is 1.84. The fourth-order valence-electron chi connectivity index (χ4n) is 3.52. The van der Waals surface area contributed by atoms with Crippen LogP contribution in [0.4, 0.5) is 0 Å². The van der Waals surface area contributed by atoms with Crippen molar-refractivity contribution >= 4 is 29.9 Å². The quantitative estimate of drug-likeness (QED) is 0.241. The molecule has 2 rings (SSSR count). The molecule has 1 saturated carbocycles. The average molecular weight is 454 g/mol. The molecule has 2 aliphatic rings. The molecule has 0 spiro atoms. The Balaban J connectivity index is 0.00000288. The van der Waals surface area contributed by atoms with E-state index >= 15 is 0 Å². The van der Waals surface area contributed by atoms with Crippen molar-refractivity contribution < 1.29 is 9.47 Å². The molecule has 6 nitrogen and oxygen atoms in total. The monoisotopic (exact) mass is 454 g/mol. The van der Waals surface area contributed by atoms with Crippen LogP contribution in [0.25, 0.3) is 0 Å². The summed E-state index contributed by atoms with van der Waals surface area (Å²) < 4.78 is 10.4. The highest BCUT2D eigenvalue weighted by Crippen LogP contribution is 2.26. The highest BCUT2D eigenvalue weighted by atomic mass is 127. The predicted molar refractivity (Wildman–Crippen MR) is 109 cm³/mol. The van der Waals surface area contributed by atoms with E-state index in [0.717, 1.165) is 38.1 Å². The Morgan fingerprint density at radius 3 is 2.67 bits per heavy atom. The van der Waals surface area contributed by atoms with Crippen molar-refractivity contribution in [2.75, 3.05) is 53.6 Å². The first kappa shape index (κ1) is 21.9. The first-order chi connectivity index (χ1) is 11.3. The molecular formula is C17H35IN4O2. The Labute approximate surface area is 164 Å². The van der Waals surface area contributed by atoms with Crippen molar-refractivity contribution in [1.82, 2.24) is 15.5 Å². The normalized spacial score (nSPS) is 22.6. The summed E-state index contributed by atoms with van der Waals surface area (Å²) in [4.78, 5) is 7.00. The SMILES string of the molecule is CN=C(NCCCOCCOC)NC1CCN(C2CCCC2)C1.I. The van der Waals surface area contributed by atoms with Gasteiger partial charge in [-0.2, -0.15) is 0 Å². The van der Waals surface area contributed by atoms with Crippen LogP contribution in [0.5, 0.6) is 0 Å². The maximum Gasteiger partial charge on any atom is 0.191 e. The summed E-state index contributed by atoms with van der Waals surface area (Å²) in [5.41, 5.74) is 0. The minimum atomic E-state index is 0. The largest absolute Gasteiger partial charge is 0.382 e. The summed E-state index contributed by atoms with van der Waals surface area (Å²) in [7, 11) is 3.53. The summed E-state index contributed by atoms with van der Waals surface area (Å²) in [6, 6.07) is 1.36. The van der Waals surface area contributed by atoms with E-state index in [9.17, 15) is 0 Å². The van der Waals surface area contributed by atoms with E-state index in [4.69, 9.17) is 9.47 Å². The first-order valence-corrected chi connectivity index (χ1v) is 9.11. The van der Waals surface area contributed by atoms with Crippen LogP contribution < -0.4 is 10.6 Å². The Morgan fingerprint density at radius 1 is 1.17 bits per heavy atom. The Kier molecular flexibility index (Phi) is 12.0. The molecule has 1 atom stereocenters. The van der Waals surface area contributed by atoms with E-state index in [1.807, 2.05) is 7.05 Å². The number of rotatable bonds is 9. The van der Waals surface area contributed by atoms with Crippen molar-refractivity contribution in [2.24, 2.45) is 4.99 Å². The van der Waals surface area contributed by atoms with Crippen LogP contribution >= 0.6 is 24.0 Å². The van der Waals surface area contributed by atoms with Gasteiger partial charge in [0.25, 0.3) is 0 Å². The molecule has 1 aliphatic carbocycles. The summed E-state index contributed by atoms with van der Waals surface area (Å²) in [5, 5.41) is 6.95.